The van der Waals surface area contributed by atoms with E-state index in [0.29, 0.717) is 19.3 Å². The standard InChI is InChI=1S/C56H97O11P/c1-4-7-10-13-16-19-22-25-26-29-32-35-38-41-44-47-56(60)67-53(49-63-54(58)45-42-39-36-33-30-27-23-20-17-14-11-8-5-2)51-65-68(61,62)64-50-52(48-57)66-55(59)46-43-40-37-34-31-28-24-21-18-15-12-9-6-3/h9,12,16,18-19,21,25-26,28,31,37,40,52-53,57H,4-8,10-11,13-15,17,20,22-24,27,29-30,32-36,38-39,41-51H2,1-3H3,(H,61,62)/b12-9-,19-16-,21-18-,26-25-,31-28-,40-37-. The minimum atomic E-state index is -4.76. The zero-order valence-corrected chi connectivity index (χ0v) is 43.9. The highest BCUT2D eigenvalue weighted by molar-refractivity contribution is 7.47. The van der Waals surface area contributed by atoms with Crippen LogP contribution in [0.2, 0.25) is 0 Å². The van der Waals surface area contributed by atoms with Crippen LogP contribution in [0.5, 0.6) is 0 Å². The Kier molecular flexibility index (Phi) is 48.0. The van der Waals surface area contributed by atoms with Crippen molar-refractivity contribution in [2.75, 3.05) is 26.4 Å². The molecule has 0 spiro atoms. The summed E-state index contributed by atoms with van der Waals surface area (Å²) < 4.78 is 39.3. The van der Waals surface area contributed by atoms with Crippen LogP contribution in [-0.4, -0.2) is 66.5 Å². The van der Waals surface area contributed by atoms with E-state index in [1.165, 1.54) is 77.0 Å². The Balaban J connectivity index is 4.82. The molecule has 2 N–H and O–H groups in total. The number of phosphoric ester groups is 1. The quantitative estimate of drug-likeness (QED) is 0.0197. The number of carbonyl (C=O) groups is 3. The predicted molar refractivity (Wildman–Crippen MR) is 279 cm³/mol. The lowest BCUT2D eigenvalue weighted by Gasteiger charge is -2.21. The number of hydrogen-bond acceptors (Lipinski definition) is 10. The molecule has 0 fully saturated rings. The summed E-state index contributed by atoms with van der Waals surface area (Å²) >= 11 is 0. The summed E-state index contributed by atoms with van der Waals surface area (Å²) in [6.45, 7) is 4.40. The smallest absolute Gasteiger partial charge is 0.462 e. The molecule has 0 aliphatic heterocycles. The van der Waals surface area contributed by atoms with Gasteiger partial charge in [-0.2, -0.15) is 0 Å². The molecule has 68 heavy (non-hydrogen) atoms. The van der Waals surface area contributed by atoms with Crippen LogP contribution in [0.1, 0.15) is 226 Å². The van der Waals surface area contributed by atoms with E-state index in [1.54, 1.807) is 0 Å². The number of hydrogen-bond donors (Lipinski definition) is 2. The Hall–Kier alpha value is -3.08. The molecule has 0 aromatic heterocycles. The number of rotatable bonds is 49. The van der Waals surface area contributed by atoms with Crippen LogP contribution in [-0.2, 0) is 42.2 Å². The number of allylic oxidation sites excluding steroid dienone is 12. The fourth-order valence-electron chi connectivity index (χ4n) is 7.05. The molecule has 0 amide bonds. The summed E-state index contributed by atoms with van der Waals surface area (Å²) in [5.74, 6) is -1.57. The third-order valence-electron chi connectivity index (χ3n) is 11.1. The van der Waals surface area contributed by atoms with E-state index in [9.17, 15) is 28.9 Å². The second-order valence-corrected chi connectivity index (χ2v) is 19.1. The first-order valence-electron chi connectivity index (χ1n) is 26.8. The van der Waals surface area contributed by atoms with Gasteiger partial charge in [-0.3, -0.25) is 23.4 Å². The highest BCUT2D eigenvalue weighted by atomic mass is 31.2. The highest BCUT2D eigenvalue weighted by Crippen LogP contribution is 2.43. The van der Waals surface area contributed by atoms with E-state index in [1.807, 2.05) is 12.2 Å². The molecule has 0 aromatic rings. The van der Waals surface area contributed by atoms with E-state index in [2.05, 4.69) is 81.5 Å². The van der Waals surface area contributed by atoms with E-state index >= 15 is 0 Å². The first-order valence-corrected chi connectivity index (χ1v) is 28.3. The Morgan fingerprint density at radius 1 is 0.426 bits per heavy atom. The van der Waals surface area contributed by atoms with Gasteiger partial charge in [0.25, 0.3) is 0 Å². The van der Waals surface area contributed by atoms with Gasteiger partial charge in [-0.05, 0) is 77.0 Å². The molecular formula is C56H97O11P. The normalized spacial score (nSPS) is 14.0. The van der Waals surface area contributed by atoms with Gasteiger partial charge >= 0.3 is 25.7 Å². The number of aliphatic hydroxyl groups excluding tert-OH is 1. The molecule has 0 radical (unpaired) electrons. The largest absolute Gasteiger partial charge is 0.472 e. The topological polar surface area (TPSA) is 155 Å². The second-order valence-electron chi connectivity index (χ2n) is 17.7. The maximum atomic E-state index is 12.8. The number of ether oxygens (including phenoxy) is 3. The average Bonchev–Trinajstić information content (AvgIpc) is 3.32. The molecule has 0 saturated heterocycles. The van der Waals surface area contributed by atoms with E-state index < -0.39 is 57.8 Å². The van der Waals surface area contributed by atoms with Crippen molar-refractivity contribution in [3.63, 3.8) is 0 Å². The lowest BCUT2D eigenvalue weighted by Crippen LogP contribution is -2.30. The summed E-state index contributed by atoms with van der Waals surface area (Å²) in [6, 6.07) is 0. The van der Waals surface area contributed by atoms with Crippen molar-refractivity contribution in [1.82, 2.24) is 0 Å². The van der Waals surface area contributed by atoms with E-state index in [-0.39, 0.29) is 25.9 Å². The van der Waals surface area contributed by atoms with E-state index in [0.717, 1.165) is 89.9 Å². The zero-order chi connectivity index (χ0) is 49.9. The molecule has 0 aliphatic carbocycles. The van der Waals surface area contributed by atoms with Gasteiger partial charge in [-0.1, -0.05) is 203 Å². The van der Waals surface area contributed by atoms with Crippen LogP contribution >= 0.6 is 7.82 Å². The number of unbranched alkanes of at least 4 members (excludes halogenated alkanes) is 20. The lowest BCUT2D eigenvalue weighted by atomic mass is 10.0. The van der Waals surface area contributed by atoms with Gasteiger partial charge in [0, 0.05) is 19.3 Å². The van der Waals surface area contributed by atoms with Crippen LogP contribution in [0.25, 0.3) is 0 Å². The summed E-state index contributed by atoms with van der Waals surface area (Å²) in [5.41, 5.74) is 0. The lowest BCUT2D eigenvalue weighted by molar-refractivity contribution is -0.161. The predicted octanol–water partition coefficient (Wildman–Crippen LogP) is 15.4. The molecule has 0 heterocycles. The molecule has 12 heteroatoms. The van der Waals surface area contributed by atoms with Crippen LogP contribution in [0.4, 0.5) is 0 Å². The number of carbonyl (C=O) groups excluding carboxylic acids is 3. The van der Waals surface area contributed by atoms with Gasteiger partial charge in [0.05, 0.1) is 19.8 Å². The van der Waals surface area contributed by atoms with Gasteiger partial charge in [-0.15, -0.1) is 0 Å². The molecule has 0 aromatic carbocycles. The number of aliphatic hydroxyl groups is 1. The SMILES string of the molecule is CC/C=C\C/C=C\C/C=C\C/C=C\CCC(=O)OC(CO)COP(=O)(O)OCC(COC(=O)CCCCCCCCCCCCCCC)OC(=O)CCCCCCC/C=C\C/C=C\CCCCC. The summed E-state index contributed by atoms with van der Waals surface area (Å²) in [4.78, 5) is 48.3. The third kappa shape index (κ3) is 48.0. The van der Waals surface area contributed by atoms with Gasteiger partial charge in [0.15, 0.2) is 6.10 Å². The molecule has 0 bridgehead atoms. The Bertz CT molecular complexity index is 1420. The molecular weight excluding hydrogens is 880 g/mol. The highest BCUT2D eigenvalue weighted by Gasteiger charge is 2.28. The van der Waals surface area contributed by atoms with Crippen LogP contribution in [0.3, 0.4) is 0 Å². The Labute approximate surface area is 414 Å². The first-order chi connectivity index (χ1) is 33.2. The van der Waals surface area contributed by atoms with Crippen molar-refractivity contribution in [3.05, 3.63) is 72.9 Å². The van der Waals surface area contributed by atoms with Crippen molar-refractivity contribution < 1.29 is 52.2 Å². The molecule has 0 saturated carbocycles. The summed E-state index contributed by atoms with van der Waals surface area (Å²) in [6.07, 6.45) is 54.5. The van der Waals surface area contributed by atoms with Gasteiger partial charge < -0.3 is 24.2 Å². The minimum Gasteiger partial charge on any atom is -0.462 e. The Morgan fingerprint density at radius 3 is 1.29 bits per heavy atom. The van der Waals surface area contributed by atoms with Gasteiger partial charge in [-0.25, -0.2) is 4.57 Å². The van der Waals surface area contributed by atoms with Crippen molar-refractivity contribution in [1.29, 1.82) is 0 Å². The number of esters is 3. The molecule has 3 atom stereocenters. The monoisotopic (exact) mass is 977 g/mol. The summed E-state index contributed by atoms with van der Waals surface area (Å²) in [5, 5.41) is 9.76. The molecule has 392 valence electrons. The first kappa shape index (κ1) is 64.9. The maximum Gasteiger partial charge on any atom is 0.472 e. The van der Waals surface area contributed by atoms with Crippen molar-refractivity contribution >= 4 is 25.7 Å². The van der Waals surface area contributed by atoms with Crippen LogP contribution in [0.15, 0.2) is 72.9 Å². The molecule has 3 unspecified atom stereocenters. The molecule has 11 nitrogen and oxygen atoms in total. The average molecular weight is 977 g/mol. The van der Waals surface area contributed by atoms with Crippen LogP contribution in [0, 0.1) is 0 Å². The van der Waals surface area contributed by atoms with E-state index in [4.69, 9.17) is 23.3 Å². The van der Waals surface area contributed by atoms with Crippen molar-refractivity contribution in [2.45, 2.75) is 238 Å². The summed E-state index contributed by atoms with van der Waals surface area (Å²) in [7, 11) is -4.76. The number of phosphoric acid groups is 1. The van der Waals surface area contributed by atoms with Gasteiger partial charge in [0.2, 0.25) is 0 Å². The van der Waals surface area contributed by atoms with Gasteiger partial charge in [0.1, 0.15) is 12.7 Å². The molecule has 0 aliphatic rings. The second kappa shape index (κ2) is 50.3. The molecule has 0 rings (SSSR count). The van der Waals surface area contributed by atoms with Crippen molar-refractivity contribution in [3.8, 4) is 0 Å². The minimum absolute atomic E-state index is 0.0539. The van der Waals surface area contributed by atoms with Crippen molar-refractivity contribution in [2.24, 2.45) is 0 Å². The third-order valence-corrected chi connectivity index (χ3v) is 12.1. The van der Waals surface area contributed by atoms with Crippen LogP contribution < -0.4 is 0 Å². The zero-order valence-electron chi connectivity index (χ0n) is 43.1. The maximum absolute atomic E-state index is 12.8. The fraction of sp³-hybridized carbons (Fsp3) is 0.732. The fourth-order valence-corrected chi connectivity index (χ4v) is 7.83. The Morgan fingerprint density at radius 2 is 0.794 bits per heavy atom.